The van der Waals surface area contributed by atoms with Crippen LogP contribution in [0.3, 0.4) is 0 Å². The van der Waals surface area contributed by atoms with Crippen molar-refractivity contribution >= 4 is 65.6 Å². The second-order valence-electron chi connectivity index (χ2n) is 12.6. The van der Waals surface area contributed by atoms with Gasteiger partial charge in [0.2, 0.25) is 0 Å². The van der Waals surface area contributed by atoms with Crippen molar-refractivity contribution in [3.05, 3.63) is 156 Å². The molecule has 0 atom stereocenters. The Bertz CT molecular complexity index is 3170. The van der Waals surface area contributed by atoms with E-state index in [9.17, 15) is 15.8 Å². The fourth-order valence-corrected chi connectivity index (χ4v) is 7.88. The van der Waals surface area contributed by atoms with Crippen LogP contribution in [0.4, 0.5) is 0 Å². The Morgan fingerprint density at radius 3 is 1.63 bits per heavy atom. The highest BCUT2D eigenvalue weighted by molar-refractivity contribution is 6.17. The van der Waals surface area contributed by atoms with Crippen molar-refractivity contribution < 1.29 is 4.42 Å². The second-order valence-corrected chi connectivity index (χ2v) is 12.6. The molecule has 0 bridgehead atoms. The van der Waals surface area contributed by atoms with Gasteiger partial charge in [0.1, 0.15) is 23.3 Å². The van der Waals surface area contributed by atoms with Gasteiger partial charge in [0.25, 0.3) is 0 Å². The van der Waals surface area contributed by atoms with E-state index in [1.807, 2.05) is 102 Å². The Kier molecular flexibility index (Phi) is 5.97. The van der Waals surface area contributed by atoms with Gasteiger partial charge in [-0.15, -0.1) is 0 Å². The third-order valence-electron chi connectivity index (χ3n) is 10.1. The summed E-state index contributed by atoms with van der Waals surface area (Å²) in [5.41, 5.74) is 8.77. The van der Waals surface area contributed by atoms with Crippen LogP contribution in [0.15, 0.2) is 144 Å². The molecule has 51 heavy (non-hydrogen) atoms. The van der Waals surface area contributed by atoms with Gasteiger partial charge in [0.05, 0.1) is 50.5 Å². The topological polar surface area (TPSA) is 94.4 Å². The van der Waals surface area contributed by atoms with Crippen LogP contribution in [0.2, 0.25) is 0 Å². The van der Waals surface area contributed by atoms with Crippen LogP contribution < -0.4 is 0 Å². The number of benzene rings is 7. The smallest absolute Gasteiger partial charge is 0.137 e. The first-order chi connectivity index (χ1) is 25.2. The summed E-state index contributed by atoms with van der Waals surface area (Å²) in [6.45, 7) is 0. The van der Waals surface area contributed by atoms with Gasteiger partial charge >= 0.3 is 0 Å². The number of furan rings is 1. The second kappa shape index (κ2) is 10.7. The maximum Gasteiger partial charge on any atom is 0.137 e. The molecular weight excluding hydrogens is 627 g/mol. The van der Waals surface area contributed by atoms with E-state index < -0.39 is 0 Å². The summed E-state index contributed by atoms with van der Waals surface area (Å²) in [6.07, 6.45) is 0. The number of para-hydroxylation sites is 4. The zero-order valence-electron chi connectivity index (χ0n) is 26.9. The SMILES string of the molecule is N#Cc1cc(-n2c3ccccc3c3ccccc32)c(C#N)c(C#N)c1-c1ccc(-n2c3ccccc3c3cc4c(cc32)oc2ccccc24)cc1. The van der Waals surface area contributed by atoms with Gasteiger partial charge in [0, 0.05) is 49.6 Å². The average Bonchev–Trinajstić information content (AvgIpc) is 3.83. The minimum absolute atomic E-state index is 0.172. The summed E-state index contributed by atoms with van der Waals surface area (Å²) >= 11 is 0. The first kappa shape index (κ1) is 28.4. The lowest BCUT2D eigenvalue weighted by Gasteiger charge is -2.16. The lowest BCUT2D eigenvalue weighted by Crippen LogP contribution is -2.04. The van der Waals surface area contributed by atoms with E-state index in [1.165, 1.54) is 0 Å². The molecule has 0 aliphatic rings. The molecule has 7 aromatic carbocycles. The highest BCUT2D eigenvalue weighted by Gasteiger charge is 2.24. The zero-order valence-corrected chi connectivity index (χ0v) is 26.9. The van der Waals surface area contributed by atoms with Crippen LogP contribution in [0.25, 0.3) is 88.1 Å². The van der Waals surface area contributed by atoms with E-state index in [0.29, 0.717) is 22.4 Å². The molecule has 0 fully saturated rings. The molecular formula is C45H23N5O. The molecule has 0 unspecified atom stereocenters. The highest BCUT2D eigenvalue weighted by atomic mass is 16.3. The van der Waals surface area contributed by atoms with Gasteiger partial charge in [-0.05, 0) is 54.1 Å². The summed E-state index contributed by atoms with van der Waals surface area (Å²) in [5, 5.41) is 38.2. The van der Waals surface area contributed by atoms with Gasteiger partial charge in [-0.2, -0.15) is 15.8 Å². The van der Waals surface area contributed by atoms with E-state index >= 15 is 0 Å². The highest BCUT2D eigenvalue weighted by Crippen LogP contribution is 2.41. The largest absolute Gasteiger partial charge is 0.456 e. The Balaban J connectivity index is 1.17. The molecule has 6 heteroatoms. The lowest BCUT2D eigenvalue weighted by atomic mass is 9.90. The van der Waals surface area contributed by atoms with Crippen LogP contribution in [0, 0.1) is 34.0 Å². The number of rotatable bonds is 3. The van der Waals surface area contributed by atoms with Crippen LogP contribution in [-0.2, 0) is 0 Å². The molecule has 0 saturated carbocycles. The number of aromatic nitrogens is 2. The molecule has 0 aliphatic heterocycles. The molecule has 0 N–H and O–H groups in total. The molecule has 0 amide bonds. The Hall–Kier alpha value is -7.59. The molecule has 0 saturated heterocycles. The Labute approximate surface area is 291 Å². The van der Waals surface area contributed by atoms with Crippen molar-refractivity contribution in [3.8, 4) is 40.7 Å². The molecule has 3 heterocycles. The first-order valence-electron chi connectivity index (χ1n) is 16.5. The van der Waals surface area contributed by atoms with E-state index in [0.717, 1.165) is 71.2 Å². The van der Waals surface area contributed by atoms with Crippen LogP contribution in [0.1, 0.15) is 16.7 Å². The molecule has 10 aromatic rings. The van der Waals surface area contributed by atoms with Crippen molar-refractivity contribution in [2.45, 2.75) is 0 Å². The summed E-state index contributed by atoms with van der Waals surface area (Å²) in [4.78, 5) is 0. The molecule has 10 rings (SSSR count). The number of hydrogen-bond donors (Lipinski definition) is 0. The van der Waals surface area contributed by atoms with Crippen molar-refractivity contribution in [3.63, 3.8) is 0 Å². The van der Waals surface area contributed by atoms with Crippen molar-refractivity contribution in [2.75, 3.05) is 0 Å². The Morgan fingerprint density at radius 2 is 1.00 bits per heavy atom. The van der Waals surface area contributed by atoms with E-state index in [2.05, 4.69) is 59.2 Å². The van der Waals surface area contributed by atoms with Crippen LogP contribution in [-0.4, -0.2) is 9.13 Å². The zero-order chi connectivity index (χ0) is 34.2. The van der Waals surface area contributed by atoms with Gasteiger partial charge in [-0.1, -0.05) is 84.9 Å². The van der Waals surface area contributed by atoms with Crippen molar-refractivity contribution in [2.24, 2.45) is 0 Å². The number of fused-ring (bicyclic) bond motifs is 9. The molecule has 234 valence electrons. The quantitative estimate of drug-likeness (QED) is 0.190. The third-order valence-corrected chi connectivity index (χ3v) is 10.1. The fraction of sp³-hybridized carbons (Fsp3) is 0. The molecule has 0 aliphatic carbocycles. The van der Waals surface area contributed by atoms with E-state index in [1.54, 1.807) is 6.07 Å². The van der Waals surface area contributed by atoms with Gasteiger partial charge in [-0.25, -0.2) is 0 Å². The summed E-state index contributed by atoms with van der Waals surface area (Å²) in [5.74, 6) is 0. The average molecular weight is 650 g/mol. The van der Waals surface area contributed by atoms with Crippen LogP contribution >= 0.6 is 0 Å². The minimum Gasteiger partial charge on any atom is -0.456 e. The van der Waals surface area contributed by atoms with Gasteiger partial charge < -0.3 is 13.6 Å². The fourth-order valence-electron chi connectivity index (χ4n) is 7.88. The number of hydrogen-bond acceptors (Lipinski definition) is 4. The van der Waals surface area contributed by atoms with E-state index in [-0.39, 0.29) is 11.1 Å². The molecule has 6 nitrogen and oxygen atoms in total. The maximum atomic E-state index is 10.6. The van der Waals surface area contributed by atoms with Crippen LogP contribution in [0.5, 0.6) is 0 Å². The third kappa shape index (κ3) is 3.95. The number of nitrogens with zero attached hydrogens (tertiary/aromatic N) is 5. The maximum absolute atomic E-state index is 10.6. The molecule has 0 radical (unpaired) electrons. The number of nitriles is 3. The molecule has 0 spiro atoms. The summed E-state index contributed by atoms with van der Waals surface area (Å²) in [6, 6.07) is 53.2. The lowest BCUT2D eigenvalue weighted by molar-refractivity contribution is 0.669. The van der Waals surface area contributed by atoms with Gasteiger partial charge in [-0.3, -0.25) is 0 Å². The summed E-state index contributed by atoms with van der Waals surface area (Å²) in [7, 11) is 0. The Morgan fingerprint density at radius 1 is 0.431 bits per heavy atom. The standard InChI is InChI=1S/C45H23N5O/c46-24-28-21-41(50-39-14-6-1-9-30(39)31-10-2-7-15-40(31)50)36(25-47)37(26-48)45(28)27-17-19-29(20-18-27)49-38-13-5-3-11-32(38)34-22-35-33-12-4-8-16-43(33)51-44(35)23-42(34)49/h1-23H. The van der Waals surface area contributed by atoms with Crippen molar-refractivity contribution in [1.29, 1.82) is 15.8 Å². The van der Waals surface area contributed by atoms with Gasteiger partial charge in [0.15, 0.2) is 0 Å². The minimum atomic E-state index is 0.172. The van der Waals surface area contributed by atoms with E-state index in [4.69, 9.17) is 4.42 Å². The predicted octanol–water partition coefficient (Wildman–Crippen LogP) is 11.1. The first-order valence-corrected chi connectivity index (χ1v) is 16.5. The summed E-state index contributed by atoms with van der Waals surface area (Å²) < 4.78 is 10.5. The monoisotopic (exact) mass is 649 g/mol. The normalized spacial score (nSPS) is 11.5. The van der Waals surface area contributed by atoms with Crippen molar-refractivity contribution in [1.82, 2.24) is 9.13 Å². The molecule has 3 aromatic heterocycles. The predicted molar refractivity (Wildman–Crippen MR) is 202 cm³/mol.